The van der Waals surface area contributed by atoms with Gasteiger partial charge in [-0.15, -0.1) is 0 Å². The van der Waals surface area contributed by atoms with Crippen molar-refractivity contribution in [3.05, 3.63) is 89.4 Å². The van der Waals surface area contributed by atoms with Gasteiger partial charge in [-0.3, -0.25) is 4.79 Å². The zero-order valence-electron chi connectivity index (χ0n) is 19.4. The van der Waals surface area contributed by atoms with Crippen LogP contribution in [0.4, 0.5) is 10.1 Å². The van der Waals surface area contributed by atoms with E-state index in [-0.39, 0.29) is 11.6 Å². The number of hydrogen-bond donors (Lipinski definition) is 1. The molecule has 6 nitrogen and oxygen atoms in total. The number of halogens is 1. The van der Waals surface area contributed by atoms with Crippen LogP contribution in [0.1, 0.15) is 21.5 Å². The number of allylic oxidation sites excluding steroid dienone is 1. The number of anilines is 1. The lowest BCUT2D eigenvalue weighted by atomic mass is 10.1. The normalized spacial score (nSPS) is 11.0. The van der Waals surface area contributed by atoms with Crippen LogP contribution in [0, 0.1) is 5.82 Å². The molecule has 7 heteroatoms. The Bertz CT molecular complexity index is 1180. The van der Waals surface area contributed by atoms with E-state index in [2.05, 4.69) is 5.32 Å². The van der Waals surface area contributed by atoms with Gasteiger partial charge in [0, 0.05) is 17.8 Å². The summed E-state index contributed by atoms with van der Waals surface area (Å²) in [5.41, 5.74) is 2.84. The van der Waals surface area contributed by atoms with E-state index in [0.717, 1.165) is 11.1 Å². The first kappa shape index (κ1) is 24.4. The van der Waals surface area contributed by atoms with E-state index in [1.165, 1.54) is 36.5 Å². The molecule has 3 aromatic carbocycles. The van der Waals surface area contributed by atoms with E-state index in [1.54, 1.807) is 28.4 Å². The monoisotopic (exact) mass is 463 g/mol. The highest BCUT2D eigenvalue weighted by atomic mass is 19.1. The topological polar surface area (TPSA) is 66.0 Å². The highest BCUT2D eigenvalue weighted by molar-refractivity contribution is 6.04. The highest BCUT2D eigenvalue weighted by Crippen LogP contribution is 2.38. The maximum absolute atomic E-state index is 13.0. The number of nitrogens with one attached hydrogen (secondary N) is 1. The van der Waals surface area contributed by atoms with Crippen LogP contribution < -0.4 is 24.3 Å². The smallest absolute Gasteiger partial charge is 0.203 e. The van der Waals surface area contributed by atoms with Crippen LogP contribution in [-0.2, 0) is 0 Å². The Balaban J connectivity index is 1.79. The van der Waals surface area contributed by atoms with Crippen molar-refractivity contribution >= 4 is 23.6 Å². The molecule has 3 rings (SSSR count). The fourth-order valence-electron chi connectivity index (χ4n) is 3.25. The molecule has 0 heterocycles. The predicted octanol–water partition coefficient (Wildman–Crippen LogP) is 5.84. The summed E-state index contributed by atoms with van der Waals surface area (Å²) >= 11 is 0. The Morgan fingerprint density at radius 2 is 1.38 bits per heavy atom. The van der Waals surface area contributed by atoms with Gasteiger partial charge in [-0.05, 0) is 59.7 Å². The third kappa shape index (κ3) is 5.95. The van der Waals surface area contributed by atoms with E-state index in [0.29, 0.717) is 34.2 Å². The first-order chi connectivity index (χ1) is 16.5. The molecule has 1 N–H and O–H groups in total. The molecular weight excluding hydrogens is 437 g/mol. The first-order valence-corrected chi connectivity index (χ1v) is 10.4. The van der Waals surface area contributed by atoms with Gasteiger partial charge in [0.1, 0.15) is 11.6 Å². The van der Waals surface area contributed by atoms with Gasteiger partial charge < -0.3 is 24.3 Å². The molecule has 0 aliphatic carbocycles. The van der Waals surface area contributed by atoms with Crippen molar-refractivity contribution in [3.63, 3.8) is 0 Å². The van der Waals surface area contributed by atoms with Gasteiger partial charge in [-0.25, -0.2) is 4.39 Å². The van der Waals surface area contributed by atoms with E-state index >= 15 is 0 Å². The van der Waals surface area contributed by atoms with Crippen LogP contribution >= 0.6 is 0 Å². The lowest BCUT2D eigenvalue weighted by molar-refractivity contribution is 0.104. The second kappa shape index (κ2) is 11.6. The molecule has 0 aromatic heterocycles. The SMILES string of the molecule is COc1ccc(/C=C\c2cc(OC)c(OC)c(OC)c2)cc1N/C=C\C(=O)c1ccc(F)cc1. The summed E-state index contributed by atoms with van der Waals surface area (Å²) < 4.78 is 34.6. The van der Waals surface area contributed by atoms with Gasteiger partial charge >= 0.3 is 0 Å². The van der Waals surface area contributed by atoms with Gasteiger partial charge in [0.15, 0.2) is 17.3 Å². The van der Waals surface area contributed by atoms with Gasteiger partial charge in [0.25, 0.3) is 0 Å². The van der Waals surface area contributed by atoms with E-state index < -0.39 is 0 Å². The number of carbonyl (C=O) groups is 1. The Hall–Kier alpha value is -4.26. The maximum atomic E-state index is 13.0. The summed E-state index contributed by atoms with van der Waals surface area (Å²) in [4.78, 5) is 12.3. The molecule has 0 aliphatic rings. The summed E-state index contributed by atoms with van der Waals surface area (Å²) in [6, 6.07) is 14.7. The quantitative estimate of drug-likeness (QED) is 0.232. The van der Waals surface area contributed by atoms with Crippen LogP contribution in [0.3, 0.4) is 0 Å². The number of rotatable bonds is 10. The molecular formula is C27H26FNO5. The van der Waals surface area contributed by atoms with Gasteiger partial charge in [-0.1, -0.05) is 18.2 Å². The van der Waals surface area contributed by atoms with Crippen LogP contribution in [-0.4, -0.2) is 34.2 Å². The van der Waals surface area contributed by atoms with Crippen molar-refractivity contribution in [1.29, 1.82) is 0 Å². The molecule has 0 unspecified atom stereocenters. The van der Waals surface area contributed by atoms with Gasteiger partial charge in [-0.2, -0.15) is 0 Å². The summed E-state index contributed by atoms with van der Waals surface area (Å²) in [5, 5.41) is 3.08. The number of benzene rings is 3. The molecule has 0 saturated heterocycles. The number of methoxy groups -OCH3 is 4. The third-order valence-corrected chi connectivity index (χ3v) is 4.98. The largest absolute Gasteiger partial charge is 0.495 e. The number of ketones is 1. The van der Waals surface area contributed by atoms with Crippen LogP contribution in [0.5, 0.6) is 23.0 Å². The standard InChI is InChI=1S/C27H26FNO5/c1-31-24-12-7-18(5-6-19-16-25(32-2)27(34-4)26(17-19)33-3)15-22(24)29-14-13-23(30)20-8-10-21(28)11-9-20/h5-17,29H,1-4H3/b6-5-,14-13-. The number of hydrogen-bond acceptors (Lipinski definition) is 6. The second-order valence-corrected chi connectivity index (χ2v) is 7.10. The minimum Gasteiger partial charge on any atom is -0.495 e. The Kier molecular flexibility index (Phi) is 8.29. The Morgan fingerprint density at radius 3 is 1.97 bits per heavy atom. The van der Waals surface area contributed by atoms with Crippen LogP contribution in [0.2, 0.25) is 0 Å². The fourth-order valence-corrected chi connectivity index (χ4v) is 3.25. The molecule has 0 spiro atoms. The summed E-state index contributed by atoms with van der Waals surface area (Å²) in [5.74, 6) is 1.64. The Labute approximate surface area is 198 Å². The molecule has 0 atom stereocenters. The van der Waals surface area contributed by atoms with E-state index in [4.69, 9.17) is 18.9 Å². The van der Waals surface area contributed by atoms with Crippen LogP contribution in [0.25, 0.3) is 12.2 Å². The lowest BCUT2D eigenvalue weighted by Crippen LogP contribution is -1.98. The van der Waals surface area contributed by atoms with Gasteiger partial charge in [0.05, 0.1) is 34.1 Å². The molecule has 34 heavy (non-hydrogen) atoms. The van der Waals surface area contributed by atoms with Gasteiger partial charge in [0.2, 0.25) is 5.75 Å². The van der Waals surface area contributed by atoms with Crippen molar-refractivity contribution in [2.75, 3.05) is 33.8 Å². The summed E-state index contributed by atoms with van der Waals surface area (Å²) in [6.07, 6.45) is 6.75. The van der Waals surface area contributed by atoms with E-state index in [9.17, 15) is 9.18 Å². The molecule has 0 bridgehead atoms. The molecule has 3 aromatic rings. The highest BCUT2D eigenvalue weighted by Gasteiger charge is 2.12. The minimum atomic E-state index is -0.389. The summed E-state index contributed by atoms with van der Waals surface area (Å²) in [6.45, 7) is 0. The number of ether oxygens (including phenoxy) is 4. The van der Waals surface area contributed by atoms with Crippen molar-refractivity contribution in [2.45, 2.75) is 0 Å². The zero-order valence-corrected chi connectivity index (χ0v) is 19.4. The Morgan fingerprint density at radius 1 is 0.765 bits per heavy atom. The van der Waals surface area contributed by atoms with Crippen molar-refractivity contribution in [3.8, 4) is 23.0 Å². The fraction of sp³-hybridized carbons (Fsp3) is 0.148. The molecule has 0 amide bonds. The molecule has 0 aliphatic heterocycles. The predicted molar refractivity (Wildman–Crippen MR) is 132 cm³/mol. The molecule has 0 fully saturated rings. The van der Waals surface area contributed by atoms with Crippen molar-refractivity contribution in [2.24, 2.45) is 0 Å². The molecule has 176 valence electrons. The number of carbonyl (C=O) groups excluding carboxylic acids is 1. The van der Waals surface area contributed by atoms with Crippen molar-refractivity contribution in [1.82, 2.24) is 0 Å². The molecule has 0 saturated carbocycles. The maximum Gasteiger partial charge on any atom is 0.203 e. The van der Waals surface area contributed by atoms with Crippen LogP contribution in [0.15, 0.2) is 66.9 Å². The second-order valence-electron chi connectivity index (χ2n) is 7.10. The first-order valence-electron chi connectivity index (χ1n) is 10.4. The summed E-state index contributed by atoms with van der Waals surface area (Å²) in [7, 11) is 6.27. The average molecular weight is 464 g/mol. The minimum absolute atomic E-state index is 0.245. The average Bonchev–Trinajstić information content (AvgIpc) is 2.87. The van der Waals surface area contributed by atoms with Crippen molar-refractivity contribution < 1.29 is 28.1 Å². The molecule has 0 radical (unpaired) electrons. The third-order valence-electron chi connectivity index (χ3n) is 4.98. The zero-order chi connectivity index (χ0) is 24.5. The van der Waals surface area contributed by atoms with E-state index in [1.807, 2.05) is 42.5 Å². The lowest BCUT2D eigenvalue weighted by Gasteiger charge is -2.13.